The monoisotopic (exact) mass is 390 g/mol. The van der Waals surface area contributed by atoms with E-state index in [-0.39, 0.29) is 24.5 Å². The maximum Gasteiger partial charge on any atom is 0.244 e. The lowest BCUT2D eigenvalue weighted by atomic mass is 10.2. The fraction of sp³-hybridized carbons (Fsp3) is 0.300. The number of anilines is 2. The third kappa shape index (κ3) is 5.89. The molecule has 0 fully saturated rings. The fourth-order valence-electron chi connectivity index (χ4n) is 2.47. The molecule has 0 unspecified atom stereocenters. The van der Waals surface area contributed by atoms with Crippen molar-refractivity contribution in [3.05, 3.63) is 47.5 Å². The van der Waals surface area contributed by atoms with E-state index < -0.39 is 0 Å². The number of amides is 2. The molecule has 0 spiro atoms. The number of carbonyl (C=O) groups is 2. The molecule has 144 valence electrons. The second-order valence-corrected chi connectivity index (χ2v) is 6.60. The number of halogens is 1. The normalized spacial score (nSPS) is 10.4. The second-order valence-electron chi connectivity index (χ2n) is 6.16. The van der Waals surface area contributed by atoms with Gasteiger partial charge in [0.25, 0.3) is 0 Å². The summed E-state index contributed by atoms with van der Waals surface area (Å²) >= 11 is 6.03. The molecule has 0 aliphatic heterocycles. The average Bonchev–Trinajstić information content (AvgIpc) is 2.60. The van der Waals surface area contributed by atoms with E-state index in [4.69, 9.17) is 21.1 Å². The molecule has 0 radical (unpaired) electrons. The van der Waals surface area contributed by atoms with Gasteiger partial charge in [-0.15, -0.1) is 0 Å². The minimum atomic E-state index is -0.343. The first kappa shape index (κ1) is 20.6. The van der Waals surface area contributed by atoms with E-state index in [2.05, 4.69) is 5.32 Å². The number of hydrogen-bond donors (Lipinski definition) is 1. The highest BCUT2D eigenvalue weighted by Crippen LogP contribution is 2.31. The lowest BCUT2D eigenvalue weighted by Crippen LogP contribution is -2.36. The van der Waals surface area contributed by atoms with Crippen molar-refractivity contribution in [3.8, 4) is 11.5 Å². The third-order valence-electron chi connectivity index (χ3n) is 3.62. The topological polar surface area (TPSA) is 67.9 Å². The van der Waals surface area contributed by atoms with Gasteiger partial charge < -0.3 is 14.8 Å². The number of benzene rings is 2. The SMILES string of the molecule is COc1ccc(Cl)cc1N(CC(=O)Nc1ccc(OC(C)C)cc1)C(C)=O. The molecule has 0 atom stereocenters. The largest absolute Gasteiger partial charge is 0.495 e. The molecule has 0 saturated carbocycles. The van der Waals surface area contributed by atoms with Crippen LogP contribution in [0.3, 0.4) is 0 Å². The van der Waals surface area contributed by atoms with Crippen molar-refractivity contribution in [2.75, 3.05) is 23.9 Å². The molecule has 27 heavy (non-hydrogen) atoms. The Balaban J connectivity index is 2.12. The minimum Gasteiger partial charge on any atom is -0.495 e. The first-order valence-electron chi connectivity index (χ1n) is 8.48. The van der Waals surface area contributed by atoms with E-state index in [0.717, 1.165) is 5.75 Å². The predicted molar refractivity (Wildman–Crippen MR) is 107 cm³/mol. The van der Waals surface area contributed by atoms with E-state index in [1.165, 1.54) is 18.9 Å². The standard InChI is InChI=1S/C20H23ClN2O4/c1-13(2)27-17-8-6-16(7-9-17)22-20(25)12-23(14(3)24)18-11-15(21)5-10-19(18)26-4/h5-11,13H,12H2,1-4H3,(H,22,25). The summed E-state index contributed by atoms with van der Waals surface area (Å²) in [6.07, 6.45) is 0.0715. The van der Waals surface area contributed by atoms with Crippen molar-refractivity contribution in [2.24, 2.45) is 0 Å². The van der Waals surface area contributed by atoms with Gasteiger partial charge in [0.15, 0.2) is 0 Å². The van der Waals surface area contributed by atoms with Crippen LogP contribution in [0.1, 0.15) is 20.8 Å². The van der Waals surface area contributed by atoms with Gasteiger partial charge in [0.1, 0.15) is 18.0 Å². The Morgan fingerprint density at radius 3 is 2.37 bits per heavy atom. The third-order valence-corrected chi connectivity index (χ3v) is 3.86. The number of carbonyl (C=O) groups excluding carboxylic acids is 2. The molecule has 0 saturated heterocycles. The summed E-state index contributed by atoms with van der Waals surface area (Å²) in [5.41, 5.74) is 1.05. The summed E-state index contributed by atoms with van der Waals surface area (Å²) in [5, 5.41) is 3.21. The van der Waals surface area contributed by atoms with Gasteiger partial charge in [-0.25, -0.2) is 0 Å². The highest BCUT2D eigenvalue weighted by atomic mass is 35.5. The summed E-state index contributed by atoms with van der Waals surface area (Å²) < 4.78 is 10.9. The van der Waals surface area contributed by atoms with Crippen molar-refractivity contribution >= 4 is 34.8 Å². The van der Waals surface area contributed by atoms with E-state index in [1.807, 2.05) is 13.8 Å². The Hall–Kier alpha value is -2.73. The molecule has 6 nitrogen and oxygen atoms in total. The average molecular weight is 391 g/mol. The van der Waals surface area contributed by atoms with Gasteiger partial charge in [0.2, 0.25) is 11.8 Å². The van der Waals surface area contributed by atoms with E-state index in [0.29, 0.717) is 22.1 Å². The second kappa shape index (κ2) is 9.28. The summed E-state index contributed by atoms with van der Waals surface area (Å²) in [6, 6.07) is 11.9. The van der Waals surface area contributed by atoms with Gasteiger partial charge >= 0.3 is 0 Å². The lowest BCUT2D eigenvalue weighted by Gasteiger charge is -2.23. The van der Waals surface area contributed by atoms with Crippen LogP contribution in [0.15, 0.2) is 42.5 Å². The molecular formula is C20H23ClN2O4. The molecule has 2 amide bonds. The van der Waals surface area contributed by atoms with Crippen molar-refractivity contribution in [2.45, 2.75) is 26.9 Å². The molecule has 2 aromatic rings. The highest BCUT2D eigenvalue weighted by molar-refractivity contribution is 6.31. The summed E-state index contributed by atoms with van der Waals surface area (Å²) in [6.45, 7) is 5.09. The molecule has 0 aromatic heterocycles. The molecule has 0 aliphatic carbocycles. The Bertz CT molecular complexity index is 806. The van der Waals surface area contributed by atoms with Crippen LogP contribution < -0.4 is 19.7 Å². The Kier molecular flexibility index (Phi) is 7.07. The maximum atomic E-state index is 12.4. The van der Waals surface area contributed by atoms with Crippen LogP contribution in [0.4, 0.5) is 11.4 Å². The van der Waals surface area contributed by atoms with E-state index >= 15 is 0 Å². The number of hydrogen-bond acceptors (Lipinski definition) is 4. The molecule has 1 N–H and O–H groups in total. The quantitative estimate of drug-likeness (QED) is 0.771. The van der Waals surface area contributed by atoms with Crippen LogP contribution >= 0.6 is 11.6 Å². The lowest BCUT2D eigenvalue weighted by molar-refractivity contribution is -0.120. The molecule has 0 bridgehead atoms. The van der Waals surface area contributed by atoms with Crippen molar-refractivity contribution in [1.82, 2.24) is 0 Å². The van der Waals surface area contributed by atoms with Gasteiger partial charge in [-0.2, -0.15) is 0 Å². The zero-order valence-electron chi connectivity index (χ0n) is 15.8. The molecule has 7 heteroatoms. The molecule has 0 heterocycles. The number of rotatable bonds is 7. The first-order valence-corrected chi connectivity index (χ1v) is 8.86. The van der Waals surface area contributed by atoms with Crippen molar-refractivity contribution in [3.63, 3.8) is 0 Å². The Labute approximate surface area is 164 Å². The molecule has 2 rings (SSSR count). The minimum absolute atomic E-state index is 0.0715. The van der Waals surface area contributed by atoms with E-state index in [1.54, 1.807) is 42.5 Å². The van der Waals surface area contributed by atoms with Crippen molar-refractivity contribution < 1.29 is 19.1 Å². The number of nitrogens with zero attached hydrogens (tertiary/aromatic N) is 1. The predicted octanol–water partition coefficient (Wildman–Crippen LogP) is 4.13. The summed E-state index contributed by atoms with van der Waals surface area (Å²) in [5.74, 6) is 0.533. The Morgan fingerprint density at radius 1 is 1.15 bits per heavy atom. The van der Waals surface area contributed by atoms with Crippen molar-refractivity contribution in [1.29, 1.82) is 0 Å². The van der Waals surface area contributed by atoms with Gasteiger partial charge in [-0.3, -0.25) is 14.5 Å². The van der Waals surface area contributed by atoms with Crippen LogP contribution in [0.5, 0.6) is 11.5 Å². The smallest absolute Gasteiger partial charge is 0.244 e. The number of nitrogens with one attached hydrogen (secondary N) is 1. The van der Waals surface area contributed by atoms with Gasteiger partial charge in [-0.1, -0.05) is 11.6 Å². The van der Waals surface area contributed by atoms with Crippen LogP contribution in [0.25, 0.3) is 0 Å². The van der Waals surface area contributed by atoms with E-state index in [9.17, 15) is 9.59 Å². The van der Waals surface area contributed by atoms with Crippen LogP contribution in [-0.2, 0) is 9.59 Å². The first-order chi connectivity index (χ1) is 12.8. The molecule has 0 aliphatic rings. The van der Waals surface area contributed by atoms with Crippen LogP contribution in [0.2, 0.25) is 5.02 Å². The zero-order valence-corrected chi connectivity index (χ0v) is 16.5. The van der Waals surface area contributed by atoms with Gasteiger partial charge in [0, 0.05) is 17.6 Å². The molecular weight excluding hydrogens is 368 g/mol. The number of ether oxygens (including phenoxy) is 2. The number of methoxy groups -OCH3 is 1. The zero-order chi connectivity index (χ0) is 20.0. The maximum absolute atomic E-state index is 12.4. The fourth-order valence-corrected chi connectivity index (χ4v) is 2.64. The van der Waals surface area contributed by atoms with Crippen LogP contribution in [0, 0.1) is 0 Å². The van der Waals surface area contributed by atoms with Crippen LogP contribution in [-0.4, -0.2) is 31.6 Å². The van der Waals surface area contributed by atoms with Gasteiger partial charge in [-0.05, 0) is 56.3 Å². The summed E-state index contributed by atoms with van der Waals surface area (Å²) in [4.78, 5) is 25.8. The highest BCUT2D eigenvalue weighted by Gasteiger charge is 2.20. The Morgan fingerprint density at radius 2 is 1.81 bits per heavy atom. The van der Waals surface area contributed by atoms with Gasteiger partial charge in [0.05, 0.1) is 18.9 Å². The molecule has 2 aromatic carbocycles. The summed E-state index contributed by atoms with van der Waals surface area (Å²) in [7, 11) is 1.49.